The second-order valence-electron chi connectivity index (χ2n) is 6.13. The van der Waals surface area contributed by atoms with Gasteiger partial charge in [-0.15, -0.1) is 0 Å². The molecule has 3 rings (SSSR count). The number of ether oxygens (including phenoxy) is 2. The minimum Gasteiger partial charge on any atom is -0.481 e. The maximum Gasteiger partial charge on any atom is 0.336 e. The molecule has 1 fully saturated rings. The lowest BCUT2D eigenvalue weighted by Gasteiger charge is -2.39. The Morgan fingerprint density at radius 3 is 2.52 bits per heavy atom. The standard InChI is InChI=1S/C17H18O10/c18-6-11-14(22)15(23)16(24)17(27-11)25-8-1-2-9-7(3-12(19)20)4-13(21)26-10(9)5-8/h1-2,4-5,11,14-18,22-24H,3,6H2,(H,19,20)/t11-,14+,15-,16-,17-/m1/s1. The van der Waals surface area contributed by atoms with Crippen molar-refractivity contribution in [2.45, 2.75) is 37.1 Å². The number of fused-ring (bicyclic) bond motifs is 1. The van der Waals surface area contributed by atoms with Gasteiger partial charge in [0.2, 0.25) is 6.29 Å². The van der Waals surface area contributed by atoms with Crippen LogP contribution in [0.15, 0.2) is 33.5 Å². The van der Waals surface area contributed by atoms with Crippen molar-refractivity contribution in [3.8, 4) is 5.75 Å². The lowest BCUT2D eigenvalue weighted by Crippen LogP contribution is -2.60. The largest absolute Gasteiger partial charge is 0.481 e. The van der Waals surface area contributed by atoms with E-state index in [-0.39, 0.29) is 23.3 Å². The number of carboxylic acid groups (broad SMARTS) is 1. The fraction of sp³-hybridized carbons (Fsp3) is 0.412. The molecule has 0 radical (unpaired) electrons. The summed E-state index contributed by atoms with van der Waals surface area (Å²) in [7, 11) is 0. The third kappa shape index (κ3) is 3.94. The van der Waals surface area contributed by atoms with E-state index >= 15 is 0 Å². The Morgan fingerprint density at radius 2 is 1.85 bits per heavy atom. The number of aliphatic carboxylic acids is 1. The SMILES string of the molecule is O=C(O)Cc1cc(=O)oc2cc(O[C@@H]3O[C@H](CO)[C@H](O)[C@@H](O)[C@H]3O)ccc12. The normalized spacial score (nSPS) is 28.2. The molecule has 27 heavy (non-hydrogen) atoms. The fourth-order valence-corrected chi connectivity index (χ4v) is 2.89. The second-order valence-corrected chi connectivity index (χ2v) is 6.13. The van der Waals surface area contributed by atoms with Crippen LogP contribution < -0.4 is 10.4 Å². The van der Waals surface area contributed by atoms with Gasteiger partial charge in [-0.1, -0.05) is 0 Å². The number of carbonyl (C=O) groups is 1. The molecule has 1 aliphatic rings. The number of rotatable bonds is 5. The van der Waals surface area contributed by atoms with Crippen molar-refractivity contribution in [1.82, 2.24) is 0 Å². The van der Waals surface area contributed by atoms with Gasteiger partial charge < -0.3 is 39.4 Å². The van der Waals surface area contributed by atoms with E-state index < -0.39 is 48.9 Å². The molecule has 5 N–H and O–H groups in total. The van der Waals surface area contributed by atoms with Crippen LogP contribution in [0.2, 0.25) is 0 Å². The Labute approximate surface area is 151 Å². The summed E-state index contributed by atoms with van der Waals surface area (Å²) in [6.07, 6.45) is -7.60. The monoisotopic (exact) mass is 382 g/mol. The van der Waals surface area contributed by atoms with Gasteiger partial charge in [0.25, 0.3) is 0 Å². The number of carboxylic acids is 1. The Balaban J connectivity index is 1.89. The lowest BCUT2D eigenvalue weighted by atomic mass is 9.99. The Hall–Kier alpha value is -2.50. The van der Waals surface area contributed by atoms with Gasteiger partial charge in [0.05, 0.1) is 13.0 Å². The van der Waals surface area contributed by atoms with Gasteiger partial charge in [-0.3, -0.25) is 4.79 Å². The molecule has 0 amide bonds. The van der Waals surface area contributed by atoms with Gasteiger partial charge >= 0.3 is 11.6 Å². The van der Waals surface area contributed by atoms with Crippen LogP contribution in [-0.2, 0) is 16.0 Å². The molecule has 10 heteroatoms. The Bertz CT molecular complexity index is 889. The predicted octanol–water partition coefficient (Wildman–Crippen LogP) is -1.40. The average Bonchev–Trinajstić information content (AvgIpc) is 2.61. The first kappa shape index (κ1) is 19.3. The van der Waals surface area contributed by atoms with Crippen LogP contribution in [0.25, 0.3) is 11.0 Å². The zero-order chi connectivity index (χ0) is 19.7. The molecule has 10 nitrogen and oxygen atoms in total. The highest BCUT2D eigenvalue weighted by Gasteiger charge is 2.44. The molecule has 0 saturated carbocycles. The van der Waals surface area contributed by atoms with Crippen LogP contribution in [0.5, 0.6) is 5.75 Å². The number of hydrogen-bond donors (Lipinski definition) is 5. The van der Waals surface area contributed by atoms with Gasteiger partial charge in [-0.25, -0.2) is 4.79 Å². The van der Waals surface area contributed by atoms with E-state index in [9.17, 15) is 30.0 Å². The molecule has 1 aromatic heterocycles. The smallest absolute Gasteiger partial charge is 0.336 e. The van der Waals surface area contributed by atoms with Gasteiger partial charge in [0.15, 0.2) is 0 Å². The zero-order valence-corrected chi connectivity index (χ0v) is 13.9. The van der Waals surface area contributed by atoms with Gasteiger partial charge in [-0.2, -0.15) is 0 Å². The molecule has 0 unspecified atom stereocenters. The Kier molecular flexibility index (Phi) is 5.44. The summed E-state index contributed by atoms with van der Waals surface area (Å²) in [6.45, 7) is -0.601. The summed E-state index contributed by atoms with van der Waals surface area (Å²) in [5.41, 5.74) is -0.391. The van der Waals surface area contributed by atoms with E-state index in [0.29, 0.717) is 5.39 Å². The molecule has 5 atom stereocenters. The van der Waals surface area contributed by atoms with E-state index in [1.165, 1.54) is 18.2 Å². The maximum atomic E-state index is 11.6. The van der Waals surface area contributed by atoms with Crippen LogP contribution >= 0.6 is 0 Å². The molecular weight excluding hydrogens is 364 g/mol. The molecular formula is C17H18O10. The fourth-order valence-electron chi connectivity index (χ4n) is 2.89. The zero-order valence-electron chi connectivity index (χ0n) is 13.9. The van der Waals surface area contributed by atoms with Crippen molar-refractivity contribution in [2.75, 3.05) is 6.61 Å². The molecule has 0 aliphatic carbocycles. The molecule has 0 spiro atoms. The molecule has 1 aromatic carbocycles. The highest BCUT2D eigenvalue weighted by molar-refractivity contribution is 5.85. The van der Waals surface area contributed by atoms with Crippen molar-refractivity contribution < 1.29 is 44.2 Å². The topological polar surface area (TPSA) is 167 Å². The first-order chi connectivity index (χ1) is 12.8. The van der Waals surface area contributed by atoms with Gasteiger partial charge in [0, 0.05) is 17.5 Å². The van der Waals surface area contributed by atoms with Crippen molar-refractivity contribution >= 4 is 16.9 Å². The minimum atomic E-state index is -1.60. The third-order valence-corrected chi connectivity index (χ3v) is 4.24. The summed E-state index contributed by atoms with van der Waals surface area (Å²) in [5, 5.41) is 48.1. The van der Waals surface area contributed by atoms with Crippen LogP contribution in [0.4, 0.5) is 0 Å². The van der Waals surface area contributed by atoms with Crippen LogP contribution in [0.1, 0.15) is 5.56 Å². The van der Waals surface area contributed by atoms with Crippen molar-refractivity contribution in [2.24, 2.45) is 0 Å². The molecule has 2 heterocycles. The van der Waals surface area contributed by atoms with E-state index in [4.69, 9.17) is 19.0 Å². The van der Waals surface area contributed by atoms with Crippen molar-refractivity contribution in [3.05, 3.63) is 40.2 Å². The summed E-state index contributed by atoms with van der Waals surface area (Å²) >= 11 is 0. The summed E-state index contributed by atoms with van der Waals surface area (Å²) in [6, 6.07) is 5.32. The molecule has 1 aliphatic heterocycles. The molecule has 0 bridgehead atoms. The van der Waals surface area contributed by atoms with E-state index in [0.717, 1.165) is 6.07 Å². The number of benzene rings is 1. The predicted molar refractivity (Wildman–Crippen MR) is 88.2 cm³/mol. The van der Waals surface area contributed by atoms with Crippen molar-refractivity contribution in [3.63, 3.8) is 0 Å². The molecule has 146 valence electrons. The summed E-state index contributed by atoms with van der Waals surface area (Å²) in [5.74, 6) is -1.01. The third-order valence-electron chi connectivity index (χ3n) is 4.24. The number of aliphatic hydroxyl groups excluding tert-OH is 4. The number of hydrogen-bond acceptors (Lipinski definition) is 9. The number of aliphatic hydroxyl groups is 4. The highest BCUT2D eigenvalue weighted by atomic mass is 16.7. The first-order valence-electron chi connectivity index (χ1n) is 8.06. The minimum absolute atomic E-state index is 0.0702. The summed E-state index contributed by atoms with van der Waals surface area (Å²) < 4.78 is 15.8. The highest BCUT2D eigenvalue weighted by Crippen LogP contribution is 2.27. The van der Waals surface area contributed by atoms with Crippen LogP contribution in [0.3, 0.4) is 0 Å². The average molecular weight is 382 g/mol. The second kappa shape index (κ2) is 7.62. The van der Waals surface area contributed by atoms with Crippen LogP contribution in [0, 0.1) is 0 Å². The van der Waals surface area contributed by atoms with E-state index in [1.54, 1.807) is 0 Å². The molecule has 1 saturated heterocycles. The Morgan fingerprint density at radius 1 is 1.11 bits per heavy atom. The lowest BCUT2D eigenvalue weighted by molar-refractivity contribution is -0.277. The maximum absolute atomic E-state index is 11.6. The summed E-state index contributed by atoms with van der Waals surface area (Å²) in [4.78, 5) is 22.6. The quantitative estimate of drug-likeness (QED) is 0.388. The first-order valence-corrected chi connectivity index (χ1v) is 8.06. The van der Waals surface area contributed by atoms with Gasteiger partial charge in [0.1, 0.15) is 35.7 Å². The van der Waals surface area contributed by atoms with Crippen LogP contribution in [-0.4, -0.2) is 68.8 Å². The van der Waals surface area contributed by atoms with Crippen molar-refractivity contribution in [1.29, 1.82) is 0 Å². The molecule has 2 aromatic rings. The van der Waals surface area contributed by atoms with E-state index in [1.807, 2.05) is 0 Å². The van der Waals surface area contributed by atoms with Gasteiger partial charge in [-0.05, 0) is 17.7 Å². The van der Waals surface area contributed by atoms with E-state index in [2.05, 4.69) is 0 Å².